The van der Waals surface area contributed by atoms with Gasteiger partial charge < -0.3 is 19.9 Å². The van der Waals surface area contributed by atoms with Crippen LogP contribution in [0.2, 0.25) is 0 Å². The molecule has 1 saturated heterocycles. The van der Waals surface area contributed by atoms with Crippen LogP contribution in [0, 0.1) is 0 Å². The van der Waals surface area contributed by atoms with Gasteiger partial charge in [-0.05, 0) is 10.6 Å². The molecule has 1 fully saturated rings. The van der Waals surface area contributed by atoms with Crippen molar-refractivity contribution in [2.75, 3.05) is 6.61 Å². The van der Waals surface area contributed by atoms with E-state index >= 15 is 0 Å². The minimum Gasteiger partial charge on any atom is -0.394 e. The molecule has 0 unspecified atom stereocenters. The molecule has 3 atom stereocenters. The summed E-state index contributed by atoms with van der Waals surface area (Å²) >= 11 is 0. The molecule has 2 aromatic heterocycles. The van der Waals surface area contributed by atoms with Gasteiger partial charge in [0.1, 0.15) is 6.10 Å². The number of aliphatic hydroxyl groups is 2. The monoisotopic (exact) mass is 293 g/mol. The zero-order chi connectivity index (χ0) is 15.0. The van der Waals surface area contributed by atoms with Crippen LogP contribution in [-0.4, -0.2) is 48.5 Å². The van der Waals surface area contributed by atoms with E-state index < -0.39 is 30.2 Å². The number of nitrogens with zero attached hydrogens (tertiary/aromatic N) is 6. The maximum absolute atomic E-state index is 11.6. The van der Waals surface area contributed by atoms with Crippen molar-refractivity contribution >= 4 is 11.2 Å². The molecule has 0 spiro atoms. The molecule has 0 bridgehead atoms. The van der Waals surface area contributed by atoms with Gasteiger partial charge in [0.25, 0.3) is 5.56 Å². The molecule has 1 aliphatic heterocycles. The highest BCUT2D eigenvalue weighted by Crippen LogP contribution is 2.37. The van der Waals surface area contributed by atoms with Crippen LogP contribution >= 0.6 is 0 Å². The van der Waals surface area contributed by atoms with E-state index in [2.05, 4.69) is 25.0 Å². The molecule has 11 nitrogen and oxygen atoms in total. The first kappa shape index (κ1) is 13.5. The number of fused-ring (bicyclic) bond motifs is 1. The molecule has 0 aliphatic carbocycles. The Morgan fingerprint density at radius 2 is 2.48 bits per heavy atom. The summed E-state index contributed by atoms with van der Waals surface area (Å²) in [5.41, 5.74) is 8.52. The van der Waals surface area contributed by atoms with Gasteiger partial charge >= 0.3 is 0 Å². The molecule has 110 valence electrons. The highest BCUT2D eigenvalue weighted by atomic mass is 16.6. The second kappa shape index (κ2) is 4.82. The van der Waals surface area contributed by atoms with E-state index in [0.717, 1.165) is 0 Å². The molecular formula is C10H11N7O4. The molecule has 0 aromatic carbocycles. The average molecular weight is 293 g/mol. The summed E-state index contributed by atoms with van der Waals surface area (Å²) in [6.45, 7) is -0.440. The fourth-order valence-corrected chi connectivity index (χ4v) is 2.37. The van der Waals surface area contributed by atoms with Gasteiger partial charge in [0.05, 0.1) is 25.4 Å². The summed E-state index contributed by atoms with van der Waals surface area (Å²) in [7, 11) is 0. The molecule has 3 N–H and O–H groups in total. The van der Waals surface area contributed by atoms with Gasteiger partial charge in [-0.3, -0.25) is 9.36 Å². The van der Waals surface area contributed by atoms with E-state index in [9.17, 15) is 15.0 Å². The zero-order valence-electron chi connectivity index (χ0n) is 10.6. The number of nitrogens with one attached hydrogen (secondary N) is 1. The second-order valence-electron chi connectivity index (χ2n) is 4.56. The van der Waals surface area contributed by atoms with Gasteiger partial charge in [0.2, 0.25) is 5.85 Å². The van der Waals surface area contributed by atoms with E-state index in [1.807, 2.05) is 0 Å². The van der Waals surface area contributed by atoms with Crippen molar-refractivity contribution in [3.63, 3.8) is 0 Å². The number of hydrogen-bond acceptors (Lipinski definition) is 7. The first-order valence-corrected chi connectivity index (χ1v) is 6.05. The Bertz CT molecular complexity index is 779. The first-order valence-electron chi connectivity index (χ1n) is 6.05. The Morgan fingerprint density at radius 3 is 3.14 bits per heavy atom. The van der Waals surface area contributed by atoms with Crippen LogP contribution in [0.15, 0.2) is 22.6 Å². The van der Waals surface area contributed by atoms with Crippen molar-refractivity contribution in [3.05, 3.63) is 33.5 Å². The number of aromatic nitrogens is 4. The van der Waals surface area contributed by atoms with Crippen molar-refractivity contribution in [1.82, 2.24) is 19.5 Å². The average Bonchev–Trinajstić information content (AvgIpc) is 3.02. The number of imidazole rings is 1. The molecule has 0 saturated carbocycles. The van der Waals surface area contributed by atoms with E-state index in [0.29, 0.717) is 0 Å². The van der Waals surface area contributed by atoms with Crippen LogP contribution in [0.4, 0.5) is 0 Å². The molecule has 3 heterocycles. The molecule has 2 aromatic rings. The number of ether oxygens (including phenoxy) is 1. The number of H-pyrrole nitrogens is 1. The van der Waals surface area contributed by atoms with Crippen LogP contribution in [0.5, 0.6) is 0 Å². The minimum absolute atomic E-state index is 0.0514. The third kappa shape index (κ3) is 1.96. The van der Waals surface area contributed by atoms with Crippen LogP contribution in [0.3, 0.4) is 0 Å². The number of hydrogen-bond donors (Lipinski definition) is 3. The maximum Gasteiger partial charge on any atom is 0.278 e. The van der Waals surface area contributed by atoms with E-state index in [1.54, 1.807) is 0 Å². The molecule has 0 radical (unpaired) electrons. The standard InChI is InChI=1S/C10H11N7O4/c11-16-15-10(1-5(19)6(2-18)21-10)17-4-14-7-8(17)12-3-13-9(7)20/h3-6,18-19H,1-2H2,(H,12,13,20)/t5-,6+,10-/m0/s1. The lowest BCUT2D eigenvalue weighted by Gasteiger charge is -2.25. The Balaban J connectivity index is 2.20. The molecule has 1 aliphatic rings. The zero-order valence-corrected chi connectivity index (χ0v) is 10.6. The van der Waals surface area contributed by atoms with Gasteiger partial charge in [-0.25, -0.2) is 9.97 Å². The van der Waals surface area contributed by atoms with Crippen LogP contribution in [0.1, 0.15) is 6.42 Å². The number of rotatable bonds is 3. The first-order chi connectivity index (χ1) is 10.1. The van der Waals surface area contributed by atoms with Crippen molar-refractivity contribution in [1.29, 1.82) is 0 Å². The highest BCUT2D eigenvalue weighted by molar-refractivity contribution is 5.69. The molecule has 21 heavy (non-hydrogen) atoms. The van der Waals surface area contributed by atoms with Crippen molar-refractivity contribution in [3.8, 4) is 0 Å². The fraction of sp³-hybridized carbons (Fsp3) is 0.500. The quantitative estimate of drug-likeness (QED) is 0.380. The van der Waals surface area contributed by atoms with Crippen molar-refractivity contribution < 1.29 is 14.9 Å². The predicted molar refractivity (Wildman–Crippen MR) is 67.9 cm³/mol. The van der Waals surface area contributed by atoms with E-state index in [1.165, 1.54) is 17.2 Å². The number of azide groups is 1. The van der Waals surface area contributed by atoms with E-state index in [4.69, 9.17) is 10.3 Å². The normalized spacial score (nSPS) is 28.7. The van der Waals surface area contributed by atoms with Gasteiger partial charge in [-0.1, -0.05) is 0 Å². The SMILES string of the molecule is [N-]=[N+]=N[C@]1(n2cnc3c(=O)[nH]cnc32)C[C@H](O)[C@@H](CO)O1. The summed E-state index contributed by atoms with van der Waals surface area (Å²) in [4.78, 5) is 24.6. The Labute approximate surface area is 116 Å². The fourth-order valence-electron chi connectivity index (χ4n) is 2.37. The summed E-state index contributed by atoms with van der Waals surface area (Å²) in [6, 6.07) is 0. The molecule has 0 amide bonds. The van der Waals surface area contributed by atoms with Crippen molar-refractivity contribution in [2.24, 2.45) is 5.11 Å². The minimum atomic E-state index is -1.63. The third-order valence-corrected chi connectivity index (χ3v) is 3.34. The van der Waals surface area contributed by atoms with Crippen LogP contribution in [-0.2, 0) is 10.6 Å². The Kier molecular flexibility index (Phi) is 3.11. The maximum atomic E-state index is 11.6. The Hall–Kier alpha value is -2.46. The van der Waals surface area contributed by atoms with Gasteiger partial charge in [-0.2, -0.15) is 0 Å². The smallest absolute Gasteiger partial charge is 0.278 e. The number of aromatic amines is 1. The lowest BCUT2D eigenvalue weighted by Crippen LogP contribution is -2.32. The highest BCUT2D eigenvalue weighted by Gasteiger charge is 2.47. The lowest BCUT2D eigenvalue weighted by atomic mass is 10.1. The number of aliphatic hydroxyl groups excluding tert-OH is 2. The predicted octanol–water partition coefficient (Wildman–Crippen LogP) is -0.818. The summed E-state index contributed by atoms with van der Waals surface area (Å²) < 4.78 is 6.77. The summed E-state index contributed by atoms with van der Waals surface area (Å²) in [6.07, 6.45) is 0.396. The van der Waals surface area contributed by atoms with E-state index in [-0.39, 0.29) is 17.6 Å². The van der Waals surface area contributed by atoms with Crippen LogP contribution < -0.4 is 5.56 Å². The molecular weight excluding hydrogens is 282 g/mol. The lowest BCUT2D eigenvalue weighted by molar-refractivity contribution is -0.111. The summed E-state index contributed by atoms with van der Waals surface area (Å²) in [5, 5.41) is 22.6. The molecule has 3 rings (SSSR count). The van der Waals surface area contributed by atoms with Gasteiger partial charge in [0, 0.05) is 11.3 Å². The molecule has 11 heteroatoms. The summed E-state index contributed by atoms with van der Waals surface area (Å²) in [5.74, 6) is -1.63. The van der Waals surface area contributed by atoms with Crippen molar-refractivity contribution in [2.45, 2.75) is 24.5 Å². The van der Waals surface area contributed by atoms with Gasteiger partial charge in [0.15, 0.2) is 11.2 Å². The van der Waals surface area contributed by atoms with Gasteiger partial charge in [-0.15, -0.1) is 0 Å². The topological polar surface area (TPSA) is 162 Å². The largest absolute Gasteiger partial charge is 0.394 e. The second-order valence-corrected chi connectivity index (χ2v) is 4.56. The van der Waals surface area contributed by atoms with Crippen LogP contribution in [0.25, 0.3) is 21.6 Å². The Morgan fingerprint density at radius 1 is 1.67 bits per heavy atom. The third-order valence-electron chi connectivity index (χ3n) is 3.34.